The average Bonchev–Trinajstić information content (AvgIpc) is 2.91. The van der Waals surface area contributed by atoms with Gasteiger partial charge in [-0.3, -0.25) is 4.79 Å². The standard InChI is InChI=1S/C16H22N2OS/c1-12(17-14-6-4-10-20-11-14)16(19)18-9-8-13-5-2-3-7-15(13)18/h2-3,5,7,12,14,17H,4,6,8-11H2,1H3. The lowest BCUT2D eigenvalue weighted by Gasteiger charge is -2.28. The quantitative estimate of drug-likeness (QED) is 0.928. The zero-order chi connectivity index (χ0) is 13.9. The Balaban J connectivity index is 1.64. The van der Waals surface area contributed by atoms with Crippen molar-refractivity contribution in [2.75, 3.05) is 23.0 Å². The highest BCUT2D eigenvalue weighted by atomic mass is 32.2. The van der Waals surface area contributed by atoms with E-state index in [2.05, 4.69) is 17.4 Å². The third-order valence-corrected chi connectivity index (χ3v) is 5.39. The van der Waals surface area contributed by atoms with Gasteiger partial charge in [0.15, 0.2) is 0 Å². The Labute approximate surface area is 125 Å². The minimum atomic E-state index is -0.0927. The van der Waals surface area contributed by atoms with Crippen LogP contribution in [-0.4, -0.2) is 36.0 Å². The topological polar surface area (TPSA) is 32.3 Å². The highest BCUT2D eigenvalue weighted by Crippen LogP contribution is 2.28. The third-order valence-electron chi connectivity index (χ3n) is 4.17. The summed E-state index contributed by atoms with van der Waals surface area (Å²) in [7, 11) is 0. The second-order valence-corrected chi connectivity index (χ2v) is 6.82. The first kappa shape index (κ1) is 14.0. The summed E-state index contributed by atoms with van der Waals surface area (Å²) in [5, 5.41) is 3.51. The first-order valence-corrected chi connectivity index (χ1v) is 8.64. The lowest BCUT2D eigenvalue weighted by atomic mass is 10.1. The fourth-order valence-electron chi connectivity index (χ4n) is 3.10. The SMILES string of the molecule is CC(NC1CCCSC1)C(=O)N1CCc2ccccc21. The highest BCUT2D eigenvalue weighted by Gasteiger charge is 2.29. The van der Waals surface area contributed by atoms with Gasteiger partial charge in [0.1, 0.15) is 0 Å². The Morgan fingerprint density at radius 1 is 1.45 bits per heavy atom. The molecule has 3 rings (SSSR count). The summed E-state index contributed by atoms with van der Waals surface area (Å²) in [5.74, 6) is 2.61. The number of para-hydroxylation sites is 1. The van der Waals surface area contributed by atoms with E-state index >= 15 is 0 Å². The van der Waals surface area contributed by atoms with Gasteiger partial charge in [-0.2, -0.15) is 11.8 Å². The van der Waals surface area contributed by atoms with Gasteiger partial charge in [0, 0.05) is 24.0 Å². The van der Waals surface area contributed by atoms with Gasteiger partial charge >= 0.3 is 0 Å². The van der Waals surface area contributed by atoms with Crippen molar-refractivity contribution in [3.8, 4) is 0 Å². The molecule has 4 heteroatoms. The molecule has 0 aliphatic carbocycles. The van der Waals surface area contributed by atoms with E-state index in [1.165, 1.54) is 24.2 Å². The first-order valence-electron chi connectivity index (χ1n) is 7.49. The molecule has 1 amide bonds. The lowest BCUT2D eigenvalue weighted by Crippen LogP contribution is -2.49. The van der Waals surface area contributed by atoms with Crippen molar-refractivity contribution in [1.29, 1.82) is 0 Å². The highest BCUT2D eigenvalue weighted by molar-refractivity contribution is 7.99. The maximum Gasteiger partial charge on any atom is 0.243 e. The van der Waals surface area contributed by atoms with E-state index in [0.717, 1.165) is 24.4 Å². The molecule has 1 N–H and O–H groups in total. The summed E-state index contributed by atoms with van der Waals surface area (Å²) in [6, 6.07) is 8.64. The predicted octanol–water partition coefficient (Wildman–Crippen LogP) is 2.45. The number of rotatable bonds is 3. The summed E-state index contributed by atoms with van der Waals surface area (Å²) >= 11 is 1.99. The Morgan fingerprint density at radius 2 is 2.30 bits per heavy atom. The third kappa shape index (κ3) is 2.86. The summed E-state index contributed by atoms with van der Waals surface area (Å²) in [6.45, 7) is 2.83. The van der Waals surface area contributed by atoms with Gasteiger partial charge in [-0.15, -0.1) is 0 Å². The van der Waals surface area contributed by atoms with Crippen molar-refractivity contribution in [2.24, 2.45) is 0 Å². The minimum absolute atomic E-state index is 0.0927. The van der Waals surface area contributed by atoms with Crippen LogP contribution < -0.4 is 10.2 Å². The number of hydrogen-bond acceptors (Lipinski definition) is 3. The number of nitrogens with one attached hydrogen (secondary N) is 1. The molecular weight excluding hydrogens is 268 g/mol. The van der Waals surface area contributed by atoms with E-state index in [-0.39, 0.29) is 11.9 Å². The number of thioether (sulfide) groups is 1. The number of amides is 1. The van der Waals surface area contributed by atoms with Gasteiger partial charge in [-0.25, -0.2) is 0 Å². The van der Waals surface area contributed by atoms with Gasteiger partial charge in [0.05, 0.1) is 6.04 Å². The molecule has 3 nitrogen and oxygen atoms in total. The van der Waals surface area contributed by atoms with E-state index in [9.17, 15) is 4.79 Å². The summed E-state index contributed by atoms with van der Waals surface area (Å²) < 4.78 is 0. The molecule has 0 spiro atoms. The number of anilines is 1. The van der Waals surface area contributed by atoms with E-state index in [4.69, 9.17) is 0 Å². The molecule has 0 saturated carbocycles. The molecule has 20 heavy (non-hydrogen) atoms. The largest absolute Gasteiger partial charge is 0.310 e. The Morgan fingerprint density at radius 3 is 3.10 bits per heavy atom. The molecule has 108 valence electrons. The lowest BCUT2D eigenvalue weighted by molar-refractivity contribution is -0.120. The molecule has 2 atom stereocenters. The van der Waals surface area contributed by atoms with Crippen LogP contribution >= 0.6 is 11.8 Å². The summed E-state index contributed by atoms with van der Waals surface area (Å²) in [5.41, 5.74) is 2.39. The van der Waals surface area contributed by atoms with Crippen LogP contribution in [0.5, 0.6) is 0 Å². The van der Waals surface area contributed by atoms with Crippen molar-refractivity contribution in [3.63, 3.8) is 0 Å². The smallest absolute Gasteiger partial charge is 0.243 e. The number of nitrogens with zero attached hydrogens (tertiary/aromatic N) is 1. The number of carbonyl (C=O) groups excluding carboxylic acids is 1. The summed E-state index contributed by atoms with van der Waals surface area (Å²) in [6.07, 6.45) is 3.44. The predicted molar refractivity (Wildman–Crippen MR) is 85.4 cm³/mol. The van der Waals surface area contributed by atoms with Crippen LogP contribution in [0.15, 0.2) is 24.3 Å². The van der Waals surface area contributed by atoms with Crippen molar-refractivity contribution >= 4 is 23.4 Å². The second-order valence-electron chi connectivity index (χ2n) is 5.67. The molecule has 1 fully saturated rings. The Hall–Kier alpha value is -1.00. The fraction of sp³-hybridized carbons (Fsp3) is 0.562. The molecule has 2 aliphatic heterocycles. The molecule has 1 aromatic carbocycles. The van der Waals surface area contributed by atoms with Crippen molar-refractivity contribution in [2.45, 2.75) is 38.3 Å². The van der Waals surface area contributed by atoms with E-state index in [1.807, 2.05) is 35.7 Å². The molecule has 0 aromatic heterocycles. The maximum atomic E-state index is 12.6. The first-order chi connectivity index (χ1) is 9.75. The van der Waals surface area contributed by atoms with Crippen LogP contribution in [0.3, 0.4) is 0 Å². The Bertz CT molecular complexity index is 485. The van der Waals surface area contributed by atoms with Crippen LogP contribution in [0.25, 0.3) is 0 Å². The van der Waals surface area contributed by atoms with Crippen molar-refractivity contribution < 1.29 is 4.79 Å². The number of hydrogen-bond donors (Lipinski definition) is 1. The molecule has 2 unspecified atom stereocenters. The summed E-state index contributed by atoms with van der Waals surface area (Å²) in [4.78, 5) is 14.6. The van der Waals surface area contributed by atoms with Gasteiger partial charge in [0.2, 0.25) is 5.91 Å². The average molecular weight is 290 g/mol. The zero-order valence-electron chi connectivity index (χ0n) is 12.0. The number of benzene rings is 1. The van der Waals surface area contributed by atoms with Gasteiger partial charge < -0.3 is 10.2 Å². The maximum absolute atomic E-state index is 12.6. The van der Waals surface area contributed by atoms with Crippen LogP contribution in [0.4, 0.5) is 5.69 Å². The van der Waals surface area contributed by atoms with Crippen LogP contribution in [0.2, 0.25) is 0 Å². The molecule has 1 saturated heterocycles. The second kappa shape index (κ2) is 6.19. The van der Waals surface area contributed by atoms with Crippen molar-refractivity contribution in [1.82, 2.24) is 5.32 Å². The minimum Gasteiger partial charge on any atom is -0.310 e. The van der Waals surface area contributed by atoms with E-state index < -0.39 is 0 Å². The van der Waals surface area contributed by atoms with Gasteiger partial charge in [-0.05, 0) is 43.6 Å². The Kier molecular flexibility index (Phi) is 4.32. The van der Waals surface area contributed by atoms with Crippen molar-refractivity contribution in [3.05, 3.63) is 29.8 Å². The fourth-order valence-corrected chi connectivity index (χ4v) is 4.18. The van der Waals surface area contributed by atoms with E-state index in [1.54, 1.807) is 0 Å². The molecule has 1 aromatic rings. The molecule has 0 bridgehead atoms. The number of fused-ring (bicyclic) bond motifs is 1. The molecular formula is C16H22N2OS. The monoisotopic (exact) mass is 290 g/mol. The number of carbonyl (C=O) groups is 1. The van der Waals surface area contributed by atoms with Gasteiger partial charge in [0.25, 0.3) is 0 Å². The molecule has 0 radical (unpaired) electrons. The van der Waals surface area contributed by atoms with Crippen LogP contribution in [0.1, 0.15) is 25.3 Å². The molecule has 2 heterocycles. The van der Waals surface area contributed by atoms with Crippen LogP contribution in [-0.2, 0) is 11.2 Å². The zero-order valence-corrected chi connectivity index (χ0v) is 12.8. The molecule has 2 aliphatic rings. The van der Waals surface area contributed by atoms with Crippen LogP contribution in [0, 0.1) is 0 Å². The normalized spacial score (nSPS) is 23.4. The van der Waals surface area contributed by atoms with Gasteiger partial charge in [-0.1, -0.05) is 18.2 Å². The van der Waals surface area contributed by atoms with E-state index in [0.29, 0.717) is 6.04 Å².